The molecule has 0 aliphatic heterocycles. The largest absolute Gasteiger partial charge is 0.491 e. The van der Waals surface area contributed by atoms with E-state index in [-0.39, 0.29) is 6.61 Å². The summed E-state index contributed by atoms with van der Waals surface area (Å²) in [6.45, 7) is 7.34. The maximum atomic E-state index is 12.3. The molecule has 0 radical (unpaired) electrons. The Bertz CT molecular complexity index is 790. The van der Waals surface area contributed by atoms with Crippen LogP contribution in [0.1, 0.15) is 27.6 Å². The lowest BCUT2D eigenvalue weighted by atomic mass is 10.2. The lowest BCUT2D eigenvalue weighted by Gasteiger charge is -2.11. The van der Waals surface area contributed by atoms with E-state index in [0.717, 1.165) is 0 Å². The number of hydrogen-bond donors (Lipinski definition) is 2. The van der Waals surface area contributed by atoms with Crippen molar-refractivity contribution in [2.45, 2.75) is 6.92 Å². The third kappa shape index (κ3) is 6.44. The molecule has 7 nitrogen and oxygen atoms in total. The normalized spacial score (nSPS) is 10.0. The molecule has 7 heteroatoms. The van der Waals surface area contributed by atoms with E-state index in [1.165, 1.54) is 0 Å². The number of amides is 2. The summed E-state index contributed by atoms with van der Waals surface area (Å²) in [6, 6.07) is 13.3. The zero-order valence-corrected chi connectivity index (χ0v) is 15.8. The van der Waals surface area contributed by atoms with Gasteiger partial charge in [0.15, 0.2) is 0 Å². The van der Waals surface area contributed by atoms with Crippen molar-refractivity contribution in [3.8, 4) is 11.5 Å². The minimum absolute atomic E-state index is 0.273. The highest BCUT2D eigenvalue weighted by Crippen LogP contribution is 2.17. The predicted molar refractivity (Wildman–Crippen MR) is 105 cm³/mol. The van der Waals surface area contributed by atoms with Crippen LogP contribution in [-0.2, 0) is 4.74 Å². The van der Waals surface area contributed by atoms with E-state index in [0.29, 0.717) is 42.4 Å². The van der Waals surface area contributed by atoms with Gasteiger partial charge in [-0.25, -0.2) is 0 Å². The topological polar surface area (TPSA) is 85.9 Å². The third-order valence-electron chi connectivity index (χ3n) is 3.59. The smallest absolute Gasteiger partial charge is 0.273 e. The maximum absolute atomic E-state index is 12.3. The molecule has 0 bridgehead atoms. The molecule has 2 aromatic carbocycles. The van der Waals surface area contributed by atoms with Gasteiger partial charge in [-0.15, -0.1) is 0 Å². The minimum atomic E-state index is -0.483. The quantitative estimate of drug-likeness (QED) is 0.374. The Hall–Kier alpha value is -3.32. The first kappa shape index (κ1) is 21.0. The summed E-state index contributed by atoms with van der Waals surface area (Å²) in [7, 11) is 0. The molecule has 0 unspecified atom stereocenters. The average molecular weight is 384 g/mol. The number of nitrogens with one attached hydrogen (secondary N) is 2. The van der Waals surface area contributed by atoms with Crippen LogP contribution < -0.4 is 20.3 Å². The molecule has 0 aromatic heterocycles. The molecule has 0 heterocycles. The van der Waals surface area contributed by atoms with E-state index in [1.54, 1.807) is 54.6 Å². The highest BCUT2D eigenvalue weighted by atomic mass is 16.5. The van der Waals surface area contributed by atoms with Crippen molar-refractivity contribution < 1.29 is 23.8 Å². The summed E-state index contributed by atoms with van der Waals surface area (Å²) < 4.78 is 16.1. The lowest BCUT2D eigenvalue weighted by Crippen LogP contribution is -2.41. The molecule has 0 spiro atoms. The second kappa shape index (κ2) is 11.4. The van der Waals surface area contributed by atoms with Crippen LogP contribution in [0.3, 0.4) is 0 Å². The SMILES string of the molecule is C=CCOc1ccccc1C(=O)NNC(=O)c1ccc(OCCOCC)cc1. The van der Waals surface area contributed by atoms with Crippen molar-refractivity contribution in [1.82, 2.24) is 10.9 Å². The highest BCUT2D eigenvalue weighted by molar-refractivity contribution is 6.00. The maximum Gasteiger partial charge on any atom is 0.273 e. The number of carbonyl (C=O) groups excluding carboxylic acids is 2. The number of hydrazine groups is 1. The fourth-order valence-corrected chi connectivity index (χ4v) is 2.25. The zero-order valence-electron chi connectivity index (χ0n) is 15.8. The molecule has 0 atom stereocenters. The Morgan fingerprint density at radius 3 is 2.39 bits per heavy atom. The van der Waals surface area contributed by atoms with Crippen LogP contribution in [0.2, 0.25) is 0 Å². The third-order valence-corrected chi connectivity index (χ3v) is 3.59. The summed E-state index contributed by atoms with van der Waals surface area (Å²) in [5.74, 6) is 0.110. The average Bonchev–Trinajstić information content (AvgIpc) is 2.74. The molecule has 2 aromatic rings. The van der Waals surface area contributed by atoms with E-state index < -0.39 is 11.8 Å². The highest BCUT2D eigenvalue weighted by Gasteiger charge is 2.13. The van der Waals surface area contributed by atoms with Gasteiger partial charge < -0.3 is 14.2 Å². The van der Waals surface area contributed by atoms with Crippen LogP contribution in [0.15, 0.2) is 61.2 Å². The summed E-state index contributed by atoms with van der Waals surface area (Å²) in [6.07, 6.45) is 1.58. The van der Waals surface area contributed by atoms with E-state index in [2.05, 4.69) is 17.4 Å². The van der Waals surface area contributed by atoms with Gasteiger partial charge >= 0.3 is 0 Å². The van der Waals surface area contributed by atoms with Gasteiger partial charge in [-0.05, 0) is 43.3 Å². The molecular formula is C21H24N2O5. The molecule has 0 fully saturated rings. The Morgan fingerprint density at radius 2 is 1.68 bits per heavy atom. The van der Waals surface area contributed by atoms with Crippen LogP contribution in [0.4, 0.5) is 0 Å². The molecular weight excluding hydrogens is 360 g/mol. The number of para-hydroxylation sites is 1. The summed E-state index contributed by atoms with van der Waals surface area (Å²) >= 11 is 0. The number of ether oxygens (including phenoxy) is 3. The van der Waals surface area contributed by atoms with E-state index >= 15 is 0 Å². The number of carbonyl (C=O) groups is 2. The van der Waals surface area contributed by atoms with Gasteiger partial charge in [0.1, 0.15) is 24.7 Å². The Labute approximate surface area is 164 Å². The van der Waals surface area contributed by atoms with Gasteiger partial charge in [-0.2, -0.15) is 0 Å². The first-order valence-corrected chi connectivity index (χ1v) is 8.89. The summed E-state index contributed by atoms with van der Waals surface area (Å²) in [4.78, 5) is 24.5. The number of rotatable bonds is 10. The molecule has 28 heavy (non-hydrogen) atoms. The molecule has 0 saturated carbocycles. The fourth-order valence-electron chi connectivity index (χ4n) is 2.25. The summed E-state index contributed by atoms with van der Waals surface area (Å²) in [5, 5.41) is 0. The van der Waals surface area contributed by atoms with Crippen LogP contribution in [0.5, 0.6) is 11.5 Å². The number of benzene rings is 2. The van der Waals surface area contributed by atoms with Gasteiger partial charge in [0, 0.05) is 12.2 Å². The summed E-state index contributed by atoms with van der Waals surface area (Å²) in [5.41, 5.74) is 5.46. The van der Waals surface area contributed by atoms with Crippen molar-refractivity contribution in [3.63, 3.8) is 0 Å². The van der Waals surface area contributed by atoms with Gasteiger partial charge in [-0.3, -0.25) is 20.4 Å². The molecule has 0 aliphatic rings. The molecule has 148 valence electrons. The Morgan fingerprint density at radius 1 is 0.964 bits per heavy atom. The molecule has 0 saturated heterocycles. The second-order valence-electron chi connectivity index (χ2n) is 5.57. The van der Waals surface area contributed by atoms with E-state index in [9.17, 15) is 9.59 Å². The van der Waals surface area contributed by atoms with Crippen molar-refractivity contribution in [2.24, 2.45) is 0 Å². The second-order valence-corrected chi connectivity index (χ2v) is 5.57. The first-order valence-electron chi connectivity index (χ1n) is 8.89. The zero-order chi connectivity index (χ0) is 20.2. The van der Waals surface area contributed by atoms with Crippen molar-refractivity contribution in [2.75, 3.05) is 26.4 Å². The van der Waals surface area contributed by atoms with Crippen LogP contribution >= 0.6 is 0 Å². The van der Waals surface area contributed by atoms with Gasteiger partial charge in [-0.1, -0.05) is 24.8 Å². The van der Waals surface area contributed by atoms with Gasteiger partial charge in [0.2, 0.25) is 0 Å². The van der Waals surface area contributed by atoms with Crippen LogP contribution in [0.25, 0.3) is 0 Å². The van der Waals surface area contributed by atoms with Crippen LogP contribution in [0, 0.1) is 0 Å². The first-order chi connectivity index (χ1) is 13.7. The number of hydrogen-bond acceptors (Lipinski definition) is 5. The predicted octanol–water partition coefficient (Wildman–Crippen LogP) is 2.74. The molecule has 0 aliphatic carbocycles. The van der Waals surface area contributed by atoms with Crippen molar-refractivity contribution in [3.05, 3.63) is 72.3 Å². The molecule has 2 N–H and O–H groups in total. The van der Waals surface area contributed by atoms with Crippen molar-refractivity contribution >= 4 is 11.8 Å². The van der Waals surface area contributed by atoms with E-state index in [4.69, 9.17) is 14.2 Å². The Kier molecular flexibility index (Phi) is 8.55. The van der Waals surface area contributed by atoms with E-state index in [1.807, 2.05) is 6.92 Å². The molecule has 2 amide bonds. The molecule has 2 rings (SSSR count). The Balaban J connectivity index is 1.88. The van der Waals surface area contributed by atoms with Crippen LogP contribution in [-0.4, -0.2) is 38.2 Å². The monoisotopic (exact) mass is 384 g/mol. The lowest BCUT2D eigenvalue weighted by molar-refractivity contribution is 0.0844. The van der Waals surface area contributed by atoms with Gasteiger partial charge in [0.25, 0.3) is 11.8 Å². The minimum Gasteiger partial charge on any atom is -0.491 e. The fraction of sp³-hybridized carbons (Fsp3) is 0.238. The standard InChI is InChI=1S/C21H24N2O5/c1-3-13-28-19-8-6-5-7-18(19)21(25)23-22-20(24)16-9-11-17(12-10-16)27-15-14-26-4-2/h3,5-12H,1,4,13-15H2,2H3,(H,22,24)(H,23,25). The van der Waals surface area contributed by atoms with Crippen molar-refractivity contribution in [1.29, 1.82) is 0 Å². The van der Waals surface area contributed by atoms with Gasteiger partial charge in [0.05, 0.1) is 12.2 Å².